The number of rotatable bonds is 3. The molecule has 1 atom stereocenters. The number of ether oxygens (including phenoxy) is 1. The summed E-state index contributed by atoms with van der Waals surface area (Å²) < 4.78 is 17.9. The molecule has 0 fully saturated rings. The quantitative estimate of drug-likeness (QED) is 0.820. The number of carbonyl (C=O) groups is 1. The van der Waals surface area contributed by atoms with E-state index in [0.29, 0.717) is 11.3 Å². The van der Waals surface area contributed by atoms with Crippen LogP contribution in [0, 0.1) is 17.1 Å². The summed E-state index contributed by atoms with van der Waals surface area (Å²) in [6.07, 6.45) is 0.104. The van der Waals surface area contributed by atoms with Crippen molar-refractivity contribution in [2.75, 3.05) is 13.7 Å². The highest BCUT2D eigenvalue weighted by atomic mass is 19.1. The Morgan fingerprint density at radius 2 is 2.45 bits per heavy atom. The fraction of sp³-hybridized carbons (Fsp3) is 0.308. The molecule has 0 aliphatic carbocycles. The molecule has 1 aromatic carbocycles. The summed E-state index contributed by atoms with van der Waals surface area (Å²) in [6.45, 7) is -0.0982. The van der Waals surface area contributed by atoms with Crippen molar-refractivity contribution in [2.24, 2.45) is 10.9 Å². The number of hydrogen-bond donors (Lipinski definition) is 1. The lowest BCUT2D eigenvalue weighted by atomic mass is 9.93. The van der Waals surface area contributed by atoms with Crippen molar-refractivity contribution in [1.29, 1.82) is 5.26 Å². The average Bonchev–Trinajstić information content (AvgIpc) is 2.92. The average molecular weight is 277 g/mol. The van der Waals surface area contributed by atoms with E-state index in [1.165, 1.54) is 19.2 Å². The molecule has 6 nitrogen and oxygen atoms in total. The molecule has 0 radical (unpaired) electrons. The zero-order valence-corrected chi connectivity index (χ0v) is 10.7. The lowest BCUT2D eigenvalue weighted by Crippen LogP contribution is -2.46. The van der Waals surface area contributed by atoms with Crippen LogP contribution in [0.25, 0.3) is 0 Å². The third-order valence-electron chi connectivity index (χ3n) is 3.09. The summed E-state index contributed by atoms with van der Waals surface area (Å²) in [5, 5.41) is 12.6. The number of hydrogen-bond acceptors (Lipinski definition) is 6. The number of esters is 1. The van der Waals surface area contributed by atoms with E-state index in [0.717, 1.165) is 6.07 Å². The summed E-state index contributed by atoms with van der Waals surface area (Å²) in [4.78, 5) is 16.8. The van der Waals surface area contributed by atoms with Gasteiger partial charge in [0.1, 0.15) is 11.9 Å². The minimum atomic E-state index is -1.36. The van der Waals surface area contributed by atoms with Gasteiger partial charge in [-0.15, -0.1) is 0 Å². The van der Waals surface area contributed by atoms with E-state index in [-0.39, 0.29) is 18.5 Å². The van der Waals surface area contributed by atoms with Gasteiger partial charge in [-0.1, -0.05) is 11.2 Å². The van der Waals surface area contributed by atoms with Crippen LogP contribution in [-0.2, 0) is 14.4 Å². The first-order valence-corrected chi connectivity index (χ1v) is 5.80. The molecule has 20 heavy (non-hydrogen) atoms. The summed E-state index contributed by atoms with van der Waals surface area (Å²) >= 11 is 0. The van der Waals surface area contributed by atoms with Crippen molar-refractivity contribution < 1.29 is 18.8 Å². The second-order valence-corrected chi connectivity index (χ2v) is 4.30. The monoisotopic (exact) mass is 277 g/mol. The molecule has 2 N–H and O–H groups in total. The molecule has 1 unspecified atom stereocenters. The molecule has 0 bridgehead atoms. The number of nitriles is 1. The standard InChI is InChI=1S/C13H12FN3O3/c1-19-12(18)13(7-16)5-11(17-20-13)8-2-3-10(14)9(4-8)6-15/h2-4H,5,7,16H2,1H3. The molecule has 1 aliphatic rings. The Morgan fingerprint density at radius 3 is 3.05 bits per heavy atom. The number of halogens is 1. The molecule has 0 saturated carbocycles. The van der Waals surface area contributed by atoms with Crippen molar-refractivity contribution in [2.45, 2.75) is 12.0 Å². The Hall–Kier alpha value is -2.46. The fourth-order valence-electron chi connectivity index (χ4n) is 1.91. The SMILES string of the molecule is COC(=O)C1(CN)CC(c2ccc(F)c(C#N)c2)=NO1. The molecule has 0 saturated heterocycles. The van der Waals surface area contributed by atoms with Crippen LogP contribution in [0.1, 0.15) is 17.5 Å². The second-order valence-electron chi connectivity index (χ2n) is 4.30. The van der Waals surface area contributed by atoms with E-state index in [2.05, 4.69) is 9.89 Å². The minimum Gasteiger partial charge on any atom is -0.466 e. The molecule has 7 heteroatoms. The summed E-state index contributed by atoms with van der Waals surface area (Å²) in [5.41, 5.74) is 5.01. The van der Waals surface area contributed by atoms with Crippen molar-refractivity contribution in [1.82, 2.24) is 0 Å². The highest BCUT2D eigenvalue weighted by molar-refractivity contribution is 6.05. The normalized spacial score (nSPS) is 20.8. The number of carbonyl (C=O) groups excluding carboxylic acids is 1. The van der Waals surface area contributed by atoms with E-state index in [4.69, 9.17) is 15.8 Å². The van der Waals surface area contributed by atoms with Crippen LogP contribution in [0.3, 0.4) is 0 Å². The second kappa shape index (κ2) is 5.27. The smallest absolute Gasteiger partial charge is 0.354 e. The molecule has 0 aromatic heterocycles. The highest BCUT2D eigenvalue weighted by Crippen LogP contribution is 2.28. The third kappa shape index (κ3) is 2.21. The first kappa shape index (κ1) is 14.0. The highest BCUT2D eigenvalue weighted by Gasteiger charge is 2.47. The van der Waals surface area contributed by atoms with Gasteiger partial charge in [0.05, 0.1) is 18.4 Å². The van der Waals surface area contributed by atoms with Crippen molar-refractivity contribution in [3.63, 3.8) is 0 Å². The molecule has 0 spiro atoms. The first-order chi connectivity index (χ1) is 9.56. The molecule has 1 aliphatic heterocycles. The maximum Gasteiger partial charge on any atom is 0.354 e. The lowest BCUT2D eigenvalue weighted by Gasteiger charge is -2.21. The third-order valence-corrected chi connectivity index (χ3v) is 3.09. The summed E-state index contributed by atoms with van der Waals surface area (Å²) in [7, 11) is 1.23. The number of oxime groups is 1. The van der Waals surface area contributed by atoms with E-state index in [1.807, 2.05) is 0 Å². The zero-order chi connectivity index (χ0) is 14.8. The minimum absolute atomic E-state index is 0.0982. The van der Waals surface area contributed by atoms with Crippen LogP contribution in [0.5, 0.6) is 0 Å². The molecule has 1 heterocycles. The number of nitrogens with zero attached hydrogens (tertiary/aromatic N) is 2. The first-order valence-electron chi connectivity index (χ1n) is 5.80. The number of nitrogens with two attached hydrogens (primary N) is 1. The Bertz CT molecular complexity index is 624. The Balaban J connectivity index is 2.29. The largest absolute Gasteiger partial charge is 0.466 e. The van der Waals surface area contributed by atoms with Gasteiger partial charge in [-0.05, 0) is 12.1 Å². The summed E-state index contributed by atoms with van der Waals surface area (Å²) in [5.74, 6) is -1.24. The van der Waals surface area contributed by atoms with Gasteiger partial charge >= 0.3 is 5.97 Å². The topological polar surface area (TPSA) is 97.7 Å². The van der Waals surface area contributed by atoms with Gasteiger partial charge < -0.3 is 15.3 Å². The van der Waals surface area contributed by atoms with Crippen LogP contribution in [0.2, 0.25) is 0 Å². The fourth-order valence-corrected chi connectivity index (χ4v) is 1.91. The van der Waals surface area contributed by atoms with Crippen LogP contribution in [0.4, 0.5) is 4.39 Å². The van der Waals surface area contributed by atoms with Gasteiger partial charge in [-0.3, -0.25) is 0 Å². The van der Waals surface area contributed by atoms with Gasteiger partial charge in [0.2, 0.25) is 0 Å². The van der Waals surface area contributed by atoms with Gasteiger partial charge in [0.15, 0.2) is 0 Å². The molecular formula is C13H12FN3O3. The van der Waals surface area contributed by atoms with Gasteiger partial charge in [-0.2, -0.15) is 5.26 Å². The van der Waals surface area contributed by atoms with Crippen molar-refractivity contribution >= 4 is 11.7 Å². The van der Waals surface area contributed by atoms with Crippen molar-refractivity contribution in [3.05, 3.63) is 35.1 Å². The Kier molecular flexibility index (Phi) is 3.68. The van der Waals surface area contributed by atoms with E-state index in [9.17, 15) is 9.18 Å². The molecule has 1 aromatic rings. The maximum absolute atomic E-state index is 13.3. The molecule has 0 amide bonds. The predicted octanol–water partition coefficient (Wildman–Crippen LogP) is 0.692. The zero-order valence-electron chi connectivity index (χ0n) is 10.7. The van der Waals surface area contributed by atoms with Crippen LogP contribution < -0.4 is 5.73 Å². The van der Waals surface area contributed by atoms with Crippen LogP contribution in [0.15, 0.2) is 23.4 Å². The summed E-state index contributed by atoms with van der Waals surface area (Å²) in [6, 6.07) is 5.71. The maximum atomic E-state index is 13.3. The molecule has 2 rings (SSSR count). The van der Waals surface area contributed by atoms with E-state index < -0.39 is 17.4 Å². The van der Waals surface area contributed by atoms with Gasteiger partial charge in [0.25, 0.3) is 5.60 Å². The van der Waals surface area contributed by atoms with E-state index >= 15 is 0 Å². The number of methoxy groups -OCH3 is 1. The van der Waals surface area contributed by atoms with Gasteiger partial charge in [0, 0.05) is 18.5 Å². The number of benzene rings is 1. The van der Waals surface area contributed by atoms with E-state index in [1.54, 1.807) is 6.07 Å². The molecular weight excluding hydrogens is 265 g/mol. The van der Waals surface area contributed by atoms with Crippen molar-refractivity contribution in [3.8, 4) is 6.07 Å². The molecule has 104 valence electrons. The Morgan fingerprint density at radius 1 is 1.70 bits per heavy atom. The van der Waals surface area contributed by atoms with Crippen LogP contribution >= 0.6 is 0 Å². The lowest BCUT2D eigenvalue weighted by molar-refractivity contribution is -0.165. The Labute approximate surface area is 114 Å². The van der Waals surface area contributed by atoms with Gasteiger partial charge in [-0.25, -0.2) is 9.18 Å². The van der Waals surface area contributed by atoms with Crippen LogP contribution in [-0.4, -0.2) is 30.9 Å². The predicted molar refractivity (Wildman–Crippen MR) is 67.2 cm³/mol.